The van der Waals surface area contributed by atoms with E-state index in [0.717, 1.165) is 18.1 Å². The summed E-state index contributed by atoms with van der Waals surface area (Å²) < 4.78 is 55.9. The molecule has 42 heavy (non-hydrogen) atoms. The molecule has 2 fully saturated rings. The highest BCUT2D eigenvalue weighted by atomic mass is 32.2. The molecule has 4 aromatic heterocycles. The average molecular weight is 597 g/mol. The van der Waals surface area contributed by atoms with E-state index >= 15 is 0 Å². The van der Waals surface area contributed by atoms with E-state index in [2.05, 4.69) is 20.0 Å². The third-order valence-corrected chi connectivity index (χ3v) is 9.36. The zero-order valence-corrected chi connectivity index (χ0v) is 23.6. The number of imidazole rings is 1. The zero-order valence-electron chi connectivity index (χ0n) is 22.8. The summed E-state index contributed by atoms with van der Waals surface area (Å²) in [5, 5.41) is 4.52. The maximum atomic E-state index is 14.8. The number of aromatic nitrogens is 5. The van der Waals surface area contributed by atoms with Gasteiger partial charge in [-0.2, -0.15) is 14.6 Å². The van der Waals surface area contributed by atoms with Crippen molar-refractivity contribution in [2.45, 2.75) is 25.5 Å². The minimum Gasteiger partial charge on any atom is -0.487 e. The molecule has 0 radical (unpaired) electrons. The summed E-state index contributed by atoms with van der Waals surface area (Å²) in [6.07, 6.45) is 4.35. The molecule has 14 heteroatoms. The van der Waals surface area contributed by atoms with Crippen molar-refractivity contribution < 1.29 is 22.1 Å². The number of hydrogen-bond donors (Lipinski definition) is 1. The first-order valence-corrected chi connectivity index (χ1v) is 15.4. The van der Waals surface area contributed by atoms with E-state index in [9.17, 15) is 13.0 Å². The van der Waals surface area contributed by atoms with Crippen LogP contribution in [0.4, 0.5) is 20.4 Å². The van der Waals surface area contributed by atoms with Crippen LogP contribution in [0.5, 0.6) is 5.75 Å². The van der Waals surface area contributed by atoms with Gasteiger partial charge in [0.2, 0.25) is 5.95 Å². The quantitative estimate of drug-likeness (QED) is 0.302. The Morgan fingerprint density at radius 1 is 1.07 bits per heavy atom. The first-order chi connectivity index (χ1) is 20.4. The largest absolute Gasteiger partial charge is 0.487 e. The third-order valence-electron chi connectivity index (χ3n) is 7.97. The molecule has 1 aromatic carbocycles. The highest BCUT2D eigenvalue weighted by Crippen LogP contribution is 2.31. The lowest BCUT2D eigenvalue weighted by Gasteiger charge is -2.36. The summed E-state index contributed by atoms with van der Waals surface area (Å²) >= 11 is 0. The summed E-state index contributed by atoms with van der Waals surface area (Å²) in [5.74, 6) is 0.712. The minimum absolute atomic E-state index is 0.0499. The van der Waals surface area contributed by atoms with Gasteiger partial charge in [0, 0.05) is 73.7 Å². The molecule has 220 valence electrons. The van der Waals surface area contributed by atoms with Gasteiger partial charge in [-0.05, 0) is 31.0 Å². The summed E-state index contributed by atoms with van der Waals surface area (Å²) in [4.78, 5) is 13.4. The Kier molecular flexibility index (Phi) is 7.02. The lowest BCUT2D eigenvalue weighted by molar-refractivity contribution is 0.182. The van der Waals surface area contributed by atoms with Crippen molar-refractivity contribution in [1.82, 2.24) is 29.0 Å². The van der Waals surface area contributed by atoms with Crippen LogP contribution in [0.3, 0.4) is 0 Å². The predicted molar refractivity (Wildman–Crippen MR) is 155 cm³/mol. The maximum Gasteiger partial charge on any atom is 0.223 e. The van der Waals surface area contributed by atoms with E-state index in [1.807, 2.05) is 21.6 Å². The van der Waals surface area contributed by atoms with Gasteiger partial charge in [0.25, 0.3) is 0 Å². The number of hydrogen-bond acceptors (Lipinski definition) is 9. The molecule has 7 rings (SSSR count). The number of nitrogen functional groups attached to an aromatic ring is 1. The lowest BCUT2D eigenvalue weighted by atomic mass is 10.2. The molecule has 0 spiro atoms. The van der Waals surface area contributed by atoms with Crippen molar-refractivity contribution in [2.24, 2.45) is 0 Å². The monoisotopic (exact) mass is 596 g/mol. The van der Waals surface area contributed by atoms with Crippen molar-refractivity contribution in [2.75, 3.05) is 54.9 Å². The van der Waals surface area contributed by atoms with Crippen molar-refractivity contribution in [3.63, 3.8) is 0 Å². The second kappa shape index (κ2) is 11.0. The Labute approximate surface area is 242 Å². The summed E-state index contributed by atoms with van der Waals surface area (Å²) in [5.41, 5.74) is 9.35. The van der Waals surface area contributed by atoms with Gasteiger partial charge in [-0.1, -0.05) is 0 Å². The molecule has 2 N–H and O–H groups in total. The van der Waals surface area contributed by atoms with Gasteiger partial charge >= 0.3 is 0 Å². The van der Waals surface area contributed by atoms with Crippen LogP contribution in [0.15, 0.2) is 47.3 Å². The number of rotatable bonds is 7. The standard InChI is InChI=1S/C28H30F2N8O3S/c29-19-14-20(30)25(41-18-3-12-42(39)13-4-18)16-22(19)36-8-5-35(6-9-36)7-10-37-17-32-26-23-15-21(24-2-1-11-40-24)34-38(23)28(31)33-27(26)37/h1-2,11,14-18H,3-10,12-13H2,(H2,31,33). The van der Waals surface area contributed by atoms with Crippen molar-refractivity contribution in [3.8, 4) is 17.2 Å². The van der Waals surface area contributed by atoms with Gasteiger partial charge in [-0.25, -0.2) is 13.8 Å². The molecule has 0 aliphatic carbocycles. The number of nitrogens with two attached hydrogens (primary N) is 1. The molecular weight excluding hydrogens is 566 g/mol. The summed E-state index contributed by atoms with van der Waals surface area (Å²) in [7, 11) is -0.837. The fraction of sp³-hybridized carbons (Fsp3) is 0.393. The zero-order chi connectivity index (χ0) is 28.8. The van der Waals surface area contributed by atoms with Crippen molar-refractivity contribution in [1.29, 1.82) is 0 Å². The SMILES string of the molecule is Nc1nc2c(ncn2CCN2CCN(c3cc(OC4CCS(=O)CC4)c(F)cc3F)CC2)c2cc(-c3ccco3)nn12. The normalized spacial score (nSPS) is 20.1. The van der Waals surface area contributed by atoms with Gasteiger partial charge in [0.1, 0.15) is 28.6 Å². The van der Waals surface area contributed by atoms with E-state index in [-0.39, 0.29) is 17.8 Å². The van der Waals surface area contributed by atoms with Crippen LogP contribution in [0.2, 0.25) is 0 Å². The molecule has 2 aliphatic rings. The Morgan fingerprint density at radius 3 is 2.64 bits per heavy atom. The van der Waals surface area contributed by atoms with Crippen molar-refractivity contribution in [3.05, 3.63) is 54.6 Å². The molecule has 0 unspecified atom stereocenters. The van der Waals surface area contributed by atoms with Crippen LogP contribution in [0.25, 0.3) is 28.1 Å². The van der Waals surface area contributed by atoms with Gasteiger partial charge in [0.05, 0.1) is 18.3 Å². The van der Waals surface area contributed by atoms with Gasteiger partial charge in [-0.15, -0.1) is 0 Å². The lowest BCUT2D eigenvalue weighted by Crippen LogP contribution is -2.47. The number of ether oxygens (including phenoxy) is 1. The van der Waals surface area contributed by atoms with Gasteiger partial charge in [0.15, 0.2) is 23.0 Å². The number of fused-ring (bicyclic) bond motifs is 3. The molecular formula is C28H30F2N8O3S. The van der Waals surface area contributed by atoms with E-state index < -0.39 is 22.4 Å². The maximum absolute atomic E-state index is 14.8. The molecule has 0 saturated carbocycles. The third kappa shape index (κ3) is 5.09. The Balaban J connectivity index is 1.01. The first-order valence-electron chi connectivity index (χ1n) is 13.9. The van der Waals surface area contributed by atoms with E-state index in [1.165, 1.54) is 6.07 Å². The molecule has 5 aromatic rings. The van der Waals surface area contributed by atoms with Crippen LogP contribution in [0.1, 0.15) is 12.8 Å². The first kappa shape index (κ1) is 26.8. The molecule has 2 saturated heterocycles. The molecule has 6 heterocycles. The molecule has 0 amide bonds. The number of nitrogens with zero attached hydrogens (tertiary/aromatic N) is 7. The highest BCUT2D eigenvalue weighted by Gasteiger charge is 2.25. The Bertz CT molecular complexity index is 1750. The Morgan fingerprint density at radius 2 is 1.88 bits per heavy atom. The molecule has 11 nitrogen and oxygen atoms in total. The number of anilines is 2. The van der Waals surface area contributed by atoms with E-state index in [0.29, 0.717) is 85.4 Å². The molecule has 0 bridgehead atoms. The number of piperazine rings is 1. The summed E-state index contributed by atoms with van der Waals surface area (Å²) in [6, 6.07) is 7.89. The minimum atomic E-state index is -0.837. The average Bonchev–Trinajstić information content (AvgIpc) is 3.75. The smallest absolute Gasteiger partial charge is 0.223 e. The Hall–Kier alpha value is -4.04. The number of halogens is 2. The highest BCUT2D eigenvalue weighted by molar-refractivity contribution is 7.85. The predicted octanol–water partition coefficient (Wildman–Crippen LogP) is 3.31. The molecule has 0 atom stereocenters. The second-order valence-electron chi connectivity index (χ2n) is 10.6. The number of furan rings is 1. The van der Waals surface area contributed by atoms with Gasteiger partial charge in [-0.3, -0.25) is 9.11 Å². The van der Waals surface area contributed by atoms with E-state index in [4.69, 9.17) is 14.9 Å². The van der Waals surface area contributed by atoms with E-state index in [1.54, 1.807) is 23.2 Å². The fourth-order valence-corrected chi connectivity index (χ4v) is 6.90. The van der Waals surface area contributed by atoms with Crippen molar-refractivity contribution >= 4 is 39.1 Å². The van der Waals surface area contributed by atoms with Crippen LogP contribution in [0, 0.1) is 11.6 Å². The van der Waals surface area contributed by atoms with Crippen LogP contribution >= 0.6 is 0 Å². The fourth-order valence-electron chi connectivity index (χ4n) is 5.64. The van der Waals surface area contributed by atoms with Crippen LogP contribution in [-0.4, -0.2) is 83.6 Å². The topological polar surface area (TPSA) is 120 Å². The second-order valence-corrected chi connectivity index (χ2v) is 12.3. The summed E-state index contributed by atoms with van der Waals surface area (Å²) in [6.45, 7) is 3.99. The molecule has 2 aliphatic heterocycles. The van der Waals surface area contributed by atoms with Crippen LogP contribution < -0.4 is 15.4 Å². The van der Waals surface area contributed by atoms with Gasteiger partial charge < -0.3 is 24.4 Å². The number of benzene rings is 1. The van der Waals surface area contributed by atoms with Crippen LogP contribution in [-0.2, 0) is 17.3 Å².